The summed E-state index contributed by atoms with van der Waals surface area (Å²) in [6.45, 7) is 13.1. The van der Waals surface area contributed by atoms with E-state index in [2.05, 4.69) is 19.9 Å². The Bertz CT molecular complexity index is 1100. The lowest BCUT2D eigenvalue weighted by molar-refractivity contribution is -0.217. The number of Topliss-reactive ketones (excluding diaryl/α,β-unsaturated/α-hetero) is 1. The number of carbonyl (C=O) groups is 4. The second-order valence-corrected chi connectivity index (χ2v) is 12.4. The Morgan fingerprint density at radius 3 is 2.22 bits per heavy atom. The first-order valence-corrected chi connectivity index (χ1v) is 12.9. The van der Waals surface area contributed by atoms with Crippen LogP contribution in [0.2, 0.25) is 0 Å². The fourth-order valence-electron chi connectivity index (χ4n) is 9.35. The Labute approximate surface area is 214 Å². The van der Waals surface area contributed by atoms with Crippen molar-refractivity contribution in [3.63, 3.8) is 0 Å². The largest absolute Gasteiger partial charge is 0.500 e. The van der Waals surface area contributed by atoms with Gasteiger partial charge in [0.05, 0.1) is 19.6 Å². The van der Waals surface area contributed by atoms with E-state index in [0.29, 0.717) is 37.0 Å². The topological polar surface area (TPSA) is 96.0 Å². The lowest BCUT2D eigenvalue weighted by Gasteiger charge is -2.68. The van der Waals surface area contributed by atoms with Crippen molar-refractivity contribution < 1.29 is 33.4 Å². The van der Waals surface area contributed by atoms with Gasteiger partial charge in [0.2, 0.25) is 0 Å². The van der Waals surface area contributed by atoms with Crippen molar-refractivity contribution in [3.05, 3.63) is 23.0 Å². The predicted octanol–water partition coefficient (Wildman–Crippen LogP) is 4.58. The Morgan fingerprint density at radius 2 is 1.69 bits per heavy atom. The molecule has 0 aliphatic heterocycles. The summed E-state index contributed by atoms with van der Waals surface area (Å²) in [5.41, 5.74) is -3.48. The Kier molecular flexibility index (Phi) is 5.94. The molecule has 2 saturated carbocycles. The number of rotatable bonds is 4. The summed E-state index contributed by atoms with van der Waals surface area (Å²) in [5, 5.41) is 0. The maximum atomic E-state index is 14.3. The number of hydrogen-bond acceptors (Lipinski definition) is 7. The Morgan fingerprint density at radius 1 is 1.06 bits per heavy atom. The molecule has 0 aromatic rings. The third kappa shape index (κ3) is 2.70. The maximum absolute atomic E-state index is 14.3. The highest BCUT2D eigenvalue weighted by Gasteiger charge is 2.81. The van der Waals surface area contributed by atoms with Gasteiger partial charge in [-0.25, -0.2) is 0 Å². The smallest absolute Gasteiger partial charge is 0.321 e. The zero-order chi connectivity index (χ0) is 27.1. The van der Waals surface area contributed by atoms with E-state index in [4.69, 9.17) is 14.2 Å². The minimum absolute atomic E-state index is 0.0887. The summed E-state index contributed by atoms with van der Waals surface area (Å²) in [6.07, 6.45) is 5.11. The van der Waals surface area contributed by atoms with E-state index in [0.717, 1.165) is 11.9 Å². The maximum Gasteiger partial charge on any atom is 0.321 e. The fourth-order valence-corrected chi connectivity index (χ4v) is 9.35. The normalized spacial score (nSPS) is 43.0. The van der Waals surface area contributed by atoms with Crippen LogP contribution in [-0.2, 0) is 33.4 Å². The van der Waals surface area contributed by atoms with Crippen LogP contribution >= 0.6 is 0 Å². The number of carbonyl (C=O) groups excluding carboxylic acids is 4. The molecule has 0 bridgehead atoms. The molecule has 198 valence electrons. The van der Waals surface area contributed by atoms with Crippen LogP contribution in [-0.4, -0.2) is 44.3 Å². The first kappa shape index (κ1) is 26.6. The number of allylic oxidation sites excluding steroid dienone is 3. The van der Waals surface area contributed by atoms with Crippen LogP contribution in [0, 0.1) is 38.9 Å². The molecule has 2 fully saturated rings. The molecule has 7 atom stereocenters. The van der Waals surface area contributed by atoms with E-state index in [9.17, 15) is 19.2 Å². The monoisotopic (exact) mass is 500 g/mol. The molecular weight excluding hydrogens is 460 g/mol. The molecule has 0 heterocycles. The van der Waals surface area contributed by atoms with E-state index in [1.165, 1.54) is 21.1 Å². The van der Waals surface area contributed by atoms with Gasteiger partial charge in [-0.3, -0.25) is 14.4 Å². The van der Waals surface area contributed by atoms with Crippen LogP contribution in [0.25, 0.3) is 0 Å². The molecule has 7 nitrogen and oxygen atoms in total. The third-order valence-electron chi connectivity index (χ3n) is 10.9. The fraction of sp³-hybridized carbons (Fsp3) is 0.724. The molecule has 4 aliphatic rings. The molecule has 0 saturated heterocycles. The second-order valence-electron chi connectivity index (χ2n) is 12.4. The zero-order valence-corrected chi connectivity index (χ0v) is 23.1. The van der Waals surface area contributed by atoms with Crippen molar-refractivity contribution in [1.29, 1.82) is 0 Å². The molecule has 4 aliphatic carbocycles. The van der Waals surface area contributed by atoms with Crippen molar-refractivity contribution in [2.75, 3.05) is 14.2 Å². The highest BCUT2D eigenvalue weighted by Crippen LogP contribution is 2.77. The number of ketones is 1. The van der Waals surface area contributed by atoms with E-state index in [1.54, 1.807) is 6.92 Å². The molecular formula is C29H40O7. The van der Waals surface area contributed by atoms with Crippen molar-refractivity contribution in [2.45, 2.75) is 80.3 Å². The van der Waals surface area contributed by atoms with Gasteiger partial charge in [0, 0.05) is 23.3 Å². The quantitative estimate of drug-likeness (QED) is 0.241. The number of aldehydes is 1. The SMILES string of the molecule is COC(=O)[C@@]12C(=O)C(C)=C(OC)[C@]1(C)C(C)=C[C@@H]1[C@]3(C=O)CC[C@H](OC(C)=O)C(C)(C)[C@H]3CC[C@@]12C. The number of methoxy groups -OCH3 is 2. The first-order chi connectivity index (χ1) is 16.7. The molecule has 0 unspecified atom stereocenters. The van der Waals surface area contributed by atoms with Crippen molar-refractivity contribution in [3.8, 4) is 0 Å². The van der Waals surface area contributed by atoms with Gasteiger partial charge in [0.1, 0.15) is 18.1 Å². The van der Waals surface area contributed by atoms with Crippen LogP contribution in [0.15, 0.2) is 23.0 Å². The van der Waals surface area contributed by atoms with Crippen LogP contribution in [0.1, 0.15) is 74.1 Å². The predicted molar refractivity (Wildman–Crippen MR) is 132 cm³/mol. The first-order valence-electron chi connectivity index (χ1n) is 12.9. The van der Waals surface area contributed by atoms with Gasteiger partial charge in [-0.1, -0.05) is 32.4 Å². The number of hydrogen-bond donors (Lipinski definition) is 0. The third-order valence-corrected chi connectivity index (χ3v) is 10.9. The van der Waals surface area contributed by atoms with Gasteiger partial charge in [0.25, 0.3) is 0 Å². The summed E-state index contributed by atoms with van der Waals surface area (Å²) < 4.78 is 17.0. The van der Waals surface area contributed by atoms with Gasteiger partial charge < -0.3 is 19.0 Å². The second kappa shape index (κ2) is 8.03. The van der Waals surface area contributed by atoms with Gasteiger partial charge in [0.15, 0.2) is 11.2 Å². The minimum atomic E-state index is -1.55. The lowest BCUT2D eigenvalue weighted by Crippen LogP contribution is -2.70. The minimum Gasteiger partial charge on any atom is -0.500 e. The van der Waals surface area contributed by atoms with Crippen LogP contribution in [0.4, 0.5) is 0 Å². The summed E-state index contributed by atoms with van der Waals surface area (Å²) in [6, 6.07) is 0. The lowest BCUT2D eigenvalue weighted by atomic mass is 9.33. The summed E-state index contributed by atoms with van der Waals surface area (Å²) in [7, 11) is 2.86. The summed E-state index contributed by atoms with van der Waals surface area (Å²) in [4.78, 5) is 53.3. The average molecular weight is 501 g/mol. The average Bonchev–Trinajstić information content (AvgIpc) is 3.00. The molecule has 7 heteroatoms. The van der Waals surface area contributed by atoms with Crippen LogP contribution in [0.5, 0.6) is 0 Å². The van der Waals surface area contributed by atoms with Crippen LogP contribution in [0.3, 0.4) is 0 Å². The van der Waals surface area contributed by atoms with E-state index < -0.39 is 33.0 Å². The molecule has 0 amide bonds. The Hall–Kier alpha value is -2.44. The Balaban J connectivity index is 2.00. The van der Waals surface area contributed by atoms with Gasteiger partial charge >= 0.3 is 11.9 Å². The highest BCUT2D eigenvalue weighted by atomic mass is 16.5. The summed E-state index contributed by atoms with van der Waals surface area (Å²) in [5.74, 6) is -1.15. The van der Waals surface area contributed by atoms with E-state index in [-0.39, 0.29) is 29.7 Å². The van der Waals surface area contributed by atoms with Gasteiger partial charge in [-0.2, -0.15) is 0 Å². The molecule has 0 aromatic heterocycles. The molecule has 36 heavy (non-hydrogen) atoms. The standard InChI is InChI=1S/C29H40O7/c1-16-14-20-26(6,29(24(33)35-9)22(32)17(2)23(34-8)27(16,29)7)12-10-19-25(4,5)21(36-18(3)31)11-13-28(19,20)15-30/h14-15,19-21H,10-13H2,1-9H3/t19-,20+,21+,26+,27+,28+,29-/m1/s1. The molecule has 4 rings (SSSR count). The molecule has 0 aromatic carbocycles. The van der Waals surface area contributed by atoms with Crippen molar-refractivity contribution in [1.82, 2.24) is 0 Å². The molecule has 0 spiro atoms. The van der Waals surface area contributed by atoms with Gasteiger partial charge in [-0.05, 0) is 63.7 Å². The highest BCUT2D eigenvalue weighted by molar-refractivity contribution is 6.17. The zero-order valence-electron chi connectivity index (χ0n) is 23.1. The molecule has 0 radical (unpaired) electrons. The van der Waals surface area contributed by atoms with E-state index in [1.807, 2.05) is 20.8 Å². The van der Waals surface area contributed by atoms with Gasteiger partial charge in [-0.15, -0.1) is 0 Å². The van der Waals surface area contributed by atoms with E-state index >= 15 is 0 Å². The molecule has 0 N–H and O–H groups in total. The number of fused-ring (bicyclic) bond motifs is 5. The number of esters is 2. The van der Waals surface area contributed by atoms with Crippen molar-refractivity contribution >= 4 is 24.0 Å². The number of ether oxygens (including phenoxy) is 3. The van der Waals surface area contributed by atoms with Crippen LogP contribution < -0.4 is 0 Å². The summed E-state index contributed by atoms with van der Waals surface area (Å²) >= 11 is 0. The van der Waals surface area contributed by atoms with Crippen molar-refractivity contribution in [2.24, 2.45) is 38.9 Å².